The summed E-state index contributed by atoms with van der Waals surface area (Å²) >= 11 is 11.4. The number of pyridine rings is 1. The molecular weight excluding hydrogens is 310 g/mol. The van der Waals surface area contributed by atoms with Gasteiger partial charge < -0.3 is 15.7 Å². The Labute approximate surface area is 115 Å². The van der Waals surface area contributed by atoms with Crippen LogP contribution >= 0.6 is 23.2 Å². The number of nitrogens with two attached hydrogens (primary N) is 1. The molecule has 5 nitrogen and oxygen atoms in total. The standard InChI is InChI=1S/C9H8Cl2F3N3O2/c1-3(9(12,13)14)19-7-4(10)2-16-6(5(7)11)8(15)17-18/h2-3,18H,1H3,(H2,15,17). The van der Waals surface area contributed by atoms with Gasteiger partial charge in [0.05, 0.1) is 6.20 Å². The number of alkyl halides is 3. The lowest BCUT2D eigenvalue weighted by molar-refractivity contribution is -0.189. The van der Waals surface area contributed by atoms with Gasteiger partial charge in [-0.2, -0.15) is 13.2 Å². The number of hydrogen-bond donors (Lipinski definition) is 2. The Morgan fingerprint density at radius 2 is 2.11 bits per heavy atom. The molecule has 0 bridgehead atoms. The minimum absolute atomic E-state index is 0.226. The molecular formula is C9H8Cl2F3N3O2. The van der Waals surface area contributed by atoms with E-state index in [0.717, 1.165) is 13.1 Å². The molecule has 106 valence electrons. The fourth-order valence-electron chi connectivity index (χ4n) is 1.03. The second-order valence-electron chi connectivity index (χ2n) is 3.38. The fraction of sp³-hybridized carbons (Fsp3) is 0.333. The molecule has 1 atom stereocenters. The second kappa shape index (κ2) is 5.70. The first-order valence-corrected chi connectivity index (χ1v) is 5.49. The third-order valence-corrected chi connectivity index (χ3v) is 2.66. The van der Waals surface area contributed by atoms with Gasteiger partial charge in [0, 0.05) is 0 Å². The summed E-state index contributed by atoms with van der Waals surface area (Å²) in [5, 5.41) is 10.5. The molecule has 0 aromatic carbocycles. The van der Waals surface area contributed by atoms with E-state index >= 15 is 0 Å². The van der Waals surface area contributed by atoms with Crippen LogP contribution in [0.15, 0.2) is 11.4 Å². The van der Waals surface area contributed by atoms with E-state index < -0.39 is 23.9 Å². The van der Waals surface area contributed by atoms with Crippen molar-refractivity contribution in [1.29, 1.82) is 0 Å². The number of halogens is 5. The molecule has 1 heterocycles. The normalized spacial score (nSPS) is 14.3. The van der Waals surface area contributed by atoms with E-state index in [1.54, 1.807) is 0 Å². The number of nitrogens with zero attached hydrogens (tertiary/aromatic N) is 2. The van der Waals surface area contributed by atoms with Crippen molar-refractivity contribution in [2.45, 2.75) is 19.2 Å². The van der Waals surface area contributed by atoms with Crippen LogP contribution in [0.4, 0.5) is 13.2 Å². The molecule has 0 saturated heterocycles. The molecule has 0 saturated carbocycles. The number of amidine groups is 1. The van der Waals surface area contributed by atoms with Crippen LogP contribution in [0.1, 0.15) is 12.6 Å². The van der Waals surface area contributed by atoms with Crippen LogP contribution in [0.5, 0.6) is 5.75 Å². The number of hydrogen-bond acceptors (Lipinski definition) is 4. The average Bonchev–Trinajstić information content (AvgIpc) is 2.32. The lowest BCUT2D eigenvalue weighted by Crippen LogP contribution is -2.31. The van der Waals surface area contributed by atoms with E-state index in [-0.39, 0.29) is 15.7 Å². The van der Waals surface area contributed by atoms with Crippen LogP contribution < -0.4 is 10.5 Å². The van der Waals surface area contributed by atoms with Gasteiger partial charge in [0.15, 0.2) is 17.7 Å². The summed E-state index contributed by atoms with van der Waals surface area (Å²) in [5.74, 6) is -0.920. The highest BCUT2D eigenvalue weighted by Crippen LogP contribution is 2.36. The predicted octanol–water partition coefficient (Wildman–Crippen LogP) is 2.81. The maximum atomic E-state index is 12.4. The van der Waals surface area contributed by atoms with Crippen molar-refractivity contribution in [3.8, 4) is 5.75 Å². The zero-order valence-electron chi connectivity index (χ0n) is 9.37. The molecule has 0 radical (unpaired) electrons. The second-order valence-corrected chi connectivity index (χ2v) is 4.17. The van der Waals surface area contributed by atoms with Crippen LogP contribution in [0.2, 0.25) is 10.0 Å². The highest BCUT2D eigenvalue weighted by Gasteiger charge is 2.39. The lowest BCUT2D eigenvalue weighted by Gasteiger charge is -2.19. The van der Waals surface area contributed by atoms with E-state index in [4.69, 9.17) is 34.1 Å². The molecule has 10 heteroatoms. The van der Waals surface area contributed by atoms with Crippen LogP contribution in [-0.4, -0.2) is 28.3 Å². The molecule has 0 aliphatic rings. The van der Waals surface area contributed by atoms with Gasteiger partial charge in [0.25, 0.3) is 0 Å². The summed E-state index contributed by atoms with van der Waals surface area (Å²) in [7, 11) is 0. The van der Waals surface area contributed by atoms with Gasteiger partial charge in [0.1, 0.15) is 15.7 Å². The summed E-state index contributed by atoms with van der Waals surface area (Å²) in [6.07, 6.45) is -5.74. The minimum Gasteiger partial charge on any atom is -0.478 e. The molecule has 1 aromatic rings. The molecule has 1 unspecified atom stereocenters. The number of oxime groups is 1. The lowest BCUT2D eigenvalue weighted by atomic mass is 10.3. The van der Waals surface area contributed by atoms with Crippen LogP contribution in [0.25, 0.3) is 0 Å². The van der Waals surface area contributed by atoms with Crippen molar-refractivity contribution in [2.75, 3.05) is 0 Å². The van der Waals surface area contributed by atoms with E-state index in [1.165, 1.54) is 0 Å². The topological polar surface area (TPSA) is 80.7 Å². The van der Waals surface area contributed by atoms with E-state index in [1.807, 2.05) is 0 Å². The van der Waals surface area contributed by atoms with Gasteiger partial charge in [-0.15, -0.1) is 0 Å². The highest BCUT2D eigenvalue weighted by atomic mass is 35.5. The molecule has 19 heavy (non-hydrogen) atoms. The Morgan fingerprint density at radius 3 is 2.58 bits per heavy atom. The summed E-state index contributed by atoms with van der Waals surface area (Å²) in [4.78, 5) is 3.64. The average molecular weight is 318 g/mol. The smallest absolute Gasteiger partial charge is 0.425 e. The van der Waals surface area contributed by atoms with E-state index in [0.29, 0.717) is 0 Å². The van der Waals surface area contributed by atoms with Crippen molar-refractivity contribution >= 4 is 29.0 Å². The van der Waals surface area contributed by atoms with Gasteiger partial charge in [-0.3, -0.25) is 0 Å². The zero-order chi connectivity index (χ0) is 14.8. The number of ether oxygens (including phenoxy) is 1. The fourth-order valence-corrected chi connectivity index (χ4v) is 1.55. The van der Waals surface area contributed by atoms with Gasteiger partial charge in [-0.1, -0.05) is 28.4 Å². The SMILES string of the molecule is CC(Oc1c(Cl)cnc(C(N)=NO)c1Cl)C(F)(F)F. The summed E-state index contributed by atoms with van der Waals surface area (Å²) in [6.45, 7) is 0.788. The molecule has 0 aliphatic heterocycles. The molecule has 0 spiro atoms. The molecule has 0 aliphatic carbocycles. The summed E-state index contributed by atoms with van der Waals surface area (Å²) in [6, 6.07) is 0. The molecule has 3 N–H and O–H groups in total. The largest absolute Gasteiger partial charge is 0.478 e. The first-order valence-electron chi connectivity index (χ1n) is 4.73. The van der Waals surface area contributed by atoms with Crippen LogP contribution in [-0.2, 0) is 0 Å². The Balaban J connectivity index is 3.21. The maximum Gasteiger partial charge on any atom is 0.425 e. The third-order valence-electron chi connectivity index (χ3n) is 2.04. The van der Waals surface area contributed by atoms with Gasteiger partial charge in [-0.05, 0) is 6.92 Å². The number of rotatable bonds is 3. The molecule has 0 fully saturated rings. The predicted molar refractivity (Wildman–Crippen MR) is 62.9 cm³/mol. The Kier molecular flexibility index (Phi) is 4.70. The monoisotopic (exact) mass is 317 g/mol. The molecule has 1 aromatic heterocycles. The van der Waals surface area contributed by atoms with E-state index in [2.05, 4.69) is 14.9 Å². The first-order chi connectivity index (χ1) is 8.68. The Morgan fingerprint density at radius 1 is 1.53 bits per heavy atom. The Bertz CT molecular complexity index is 508. The molecule has 1 rings (SSSR count). The first kappa shape index (κ1) is 15.6. The summed E-state index contributed by atoms with van der Waals surface area (Å²) in [5.41, 5.74) is 5.02. The third kappa shape index (κ3) is 3.54. The highest BCUT2D eigenvalue weighted by molar-refractivity contribution is 6.38. The van der Waals surface area contributed by atoms with Gasteiger partial charge in [0.2, 0.25) is 0 Å². The maximum absolute atomic E-state index is 12.4. The van der Waals surface area contributed by atoms with Crippen LogP contribution in [0.3, 0.4) is 0 Å². The zero-order valence-corrected chi connectivity index (χ0v) is 10.9. The van der Waals surface area contributed by atoms with Crippen molar-refractivity contribution in [3.63, 3.8) is 0 Å². The molecule has 0 amide bonds. The quantitative estimate of drug-likeness (QED) is 0.389. The van der Waals surface area contributed by atoms with Crippen molar-refractivity contribution < 1.29 is 23.1 Å². The van der Waals surface area contributed by atoms with Gasteiger partial charge >= 0.3 is 6.18 Å². The van der Waals surface area contributed by atoms with Crippen LogP contribution in [0, 0.1) is 0 Å². The Hall–Kier alpha value is -1.41. The number of aromatic nitrogens is 1. The van der Waals surface area contributed by atoms with E-state index in [9.17, 15) is 13.2 Å². The van der Waals surface area contributed by atoms with Crippen molar-refractivity contribution in [1.82, 2.24) is 4.98 Å². The minimum atomic E-state index is -4.59. The van der Waals surface area contributed by atoms with Crippen molar-refractivity contribution in [2.24, 2.45) is 10.9 Å². The van der Waals surface area contributed by atoms with Gasteiger partial charge in [-0.25, -0.2) is 4.98 Å². The van der Waals surface area contributed by atoms with Crippen molar-refractivity contribution in [3.05, 3.63) is 21.9 Å². The summed E-state index contributed by atoms with van der Waals surface area (Å²) < 4.78 is 41.9.